The fraction of sp³-hybridized carbons (Fsp3) is 0.727. The van der Waals surface area contributed by atoms with Crippen molar-refractivity contribution >= 4 is 5.91 Å². The average Bonchev–Trinajstić information content (AvgIpc) is 2.25. The van der Waals surface area contributed by atoms with Crippen molar-refractivity contribution in [2.24, 2.45) is 0 Å². The Bertz CT molecular complexity index is 290. The molecule has 90 valence electrons. The maximum absolute atomic E-state index is 11.7. The topological polar surface area (TPSA) is 59.6 Å². The fourth-order valence-corrected chi connectivity index (χ4v) is 1.67. The van der Waals surface area contributed by atoms with Crippen LogP contribution in [0.2, 0.25) is 0 Å². The first-order valence-corrected chi connectivity index (χ1v) is 5.64. The number of rotatable bonds is 3. The Morgan fingerprint density at radius 3 is 2.88 bits per heavy atom. The molecule has 2 fully saturated rings. The minimum atomic E-state index is -0.00462. The highest BCUT2D eigenvalue weighted by atomic mass is 16.6. The lowest BCUT2D eigenvalue weighted by molar-refractivity contribution is -0.120. The van der Waals surface area contributed by atoms with Crippen molar-refractivity contribution in [2.45, 2.75) is 13.0 Å². The lowest BCUT2D eigenvalue weighted by Gasteiger charge is -2.24. The molecule has 0 aromatic heterocycles. The molecule has 0 saturated carbocycles. The van der Waals surface area contributed by atoms with Gasteiger partial charge in [-0.15, -0.1) is 0 Å². The molecule has 2 heterocycles. The summed E-state index contributed by atoms with van der Waals surface area (Å²) in [7, 11) is 0. The van der Waals surface area contributed by atoms with Crippen molar-refractivity contribution < 1.29 is 14.3 Å². The second-order valence-electron chi connectivity index (χ2n) is 4.11. The second kappa shape index (κ2) is 5.43. The van der Waals surface area contributed by atoms with Gasteiger partial charge in [-0.05, 0) is 12.5 Å². The molecule has 2 aliphatic rings. The third kappa shape index (κ3) is 2.81. The zero-order chi connectivity index (χ0) is 11.4. The molecule has 0 aromatic rings. The highest BCUT2D eigenvalue weighted by Gasteiger charge is 2.18. The first kappa shape index (κ1) is 11.6. The van der Waals surface area contributed by atoms with Crippen molar-refractivity contribution in [1.82, 2.24) is 10.6 Å². The summed E-state index contributed by atoms with van der Waals surface area (Å²) in [5, 5.41) is 5.99. The van der Waals surface area contributed by atoms with Gasteiger partial charge in [0.2, 0.25) is 5.91 Å². The van der Waals surface area contributed by atoms with Crippen LogP contribution in [0.25, 0.3) is 0 Å². The SMILES string of the molecule is CC(C(=O)NCC1COCCO1)=C1CNC1. The molecule has 16 heavy (non-hydrogen) atoms. The maximum atomic E-state index is 11.7. The largest absolute Gasteiger partial charge is 0.376 e. The fourth-order valence-electron chi connectivity index (χ4n) is 1.67. The molecule has 0 spiro atoms. The Morgan fingerprint density at radius 2 is 2.31 bits per heavy atom. The van der Waals surface area contributed by atoms with Crippen LogP contribution in [0.15, 0.2) is 11.1 Å². The smallest absolute Gasteiger partial charge is 0.247 e. The summed E-state index contributed by atoms with van der Waals surface area (Å²) < 4.78 is 10.7. The molecule has 2 saturated heterocycles. The zero-order valence-corrected chi connectivity index (χ0v) is 9.54. The highest BCUT2D eigenvalue weighted by molar-refractivity contribution is 5.93. The van der Waals surface area contributed by atoms with Crippen LogP contribution in [0.3, 0.4) is 0 Å². The molecule has 2 N–H and O–H groups in total. The van der Waals surface area contributed by atoms with Crippen LogP contribution >= 0.6 is 0 Å². The molecule has 0 aromatic carbocycles. The Kier molecular flexibility index (Phi) is 3.93. The van der Waals surface area contributed by atoms with Crippen molar-refractivity contribution in [2.75, 3.05) is 39.5 Å². The number of ether oxygens (including phenoxy) is 2. The number of hydrogen-bond donors (Lipinski definition) is 2. The van der Waals surface area contributed by atoms with Crippen molar-refractivity contribution in [3.8, 4) is 0 Å². The molecule has 0 aliphatic carbocycles. The molecular weight excluding hydrogens is 208 g/mol. The average molecular weight is 226 g/mol. The van der Waals surface area contributed by atoms with Gasteiger partial charge < -0.3 is 20.1 Å². The van der Waals surface area contributed by atoms with Crippen LogP contribution in [0.5, 0.6) is 0 Å². The third-order valence-corrected chi connectivity index (χ3v) is 2.92. The lowest BCUT2D eigenvalue weighted by Crippen LogP contribution is -2.42. The van der Waals surface area contributed by atoms with Gasteiger partial charge in [0, 0.05) is 25.2 Å². The van der Waals surface area contributed by atoms with Crippen LogP contribution in [0.4, 0.5) is 0 Å². The molecule has 1 amide bonds. The molecule has 0 radical (unpaired) electrons. The standard InChI is InChI=1S/C11H18N2O3/c1-8(9-4-12-5-9)11(14)13-6-10-7-15-2-3-16-10/h10,12H,2-7H2,1H3,(H,13,14). The summed E-state index contributed by atoms with van der Waals surface area (Å²) in [6, 6.07) is 0. The van der Waals surface area contributed by atoms with E-state index < -0.39 is 0 Å². The first-order valence-electron chi connectivity index (χ1n) is 5.64. The molecular formula is C11H18N2O3. The van der Waals surface area contributed by atoms with Crippen LogP contribution in [-0.4, -0.2) is 51.5 Å². The number of carbonyl (C=O) groups excluding carboxylic acids is 1. The Labute approximate surface area is 95.2 Å². The van der Waals surface area contributed by atoms with Gasteiger partial charge in [-0.1, -0.05) is 0 Å². The van der Waals surface area contributed by atoms with Crippen molar-refractivity contribution in [3.05, 3.63) is 11.1 Å². The van der Waals surface area contributed by atoms with Crippen LogP contribution in [0, 0.1) is 0 Å². The van der Waals surface area contributed by atoms with E-state index in [1.54, 1.807) is 0 Å². The normalized spacial score (nSPS) is 24.8. The summed E-state index contributed by atoms with van der Waals surface area (Å²) in [6.07, 6.45) is -0.00462. The van der Waals surface area contributed by atoms with Crippen molar-refractivity contribution in [3.63, 3.8) is 0 Å². The van der Waals surface area contributed by atoms with E-state index in [2.05, 4.69) is 10.6 Å². The second-order valence-corrected chi connectivity index (χ2v) is 4.11. The maximum Gasteiger partial charge on any atom is 0.247 e. The van der Waals surface area contributed by atoms with E-state index in [-0.39, 0.29) is 12.0 Å². The number of amides is 1. The van der Waals surface area contributed by atoms with Gasteiger partial charge in [-0.25, -0.2) is 0 Å². The van der Waals surface area contributed by atoms with Crippen LogP contribution in [0.1, 0.15) is 6.92 Å². The van der Waals surface area contributed by atoms with E-state index >= 15 is 0 Å². The molecule has 1 atom stereocenters. The third-order valence-electron chi connectivity index (χ3n) is 2.92. The van der Waals surface area contributed by atoms with Gasteiger partial charge in [0.05, 0.1) is 25.9 Å². The van der Waals surface area contributed by atoms with Gasteiger partial charge in [0.25, 0.3) is 0 Å². The minimum Gasteiger partial charge on any atom is -0.376 e. The molecule has 0 bridgehead atoms. The predicted octanol–water partition coefficient (Wildman–Crippen LogP) is -0.562. The molecule has 2 rings (SSSR count). The Morgan fingerprint density at radius 1 is 1.50 bits per heavy atom. The predicted molar refractivity (Wildman–Crippen MR) is 59.1 cm³/mol. The van der Waals surface area contributed by atoms with Gasteiger partial charge in [-0.3, -0.25) is 4.79 Å². The Balaban J connectivity index is 1.74. The number of carbonyl (C=O) groups is 1. The molecule has 2 aliphatic heterocycles. The van der Waals surface area contributed by atoms with Gasteiger partial charge in [-0.2, -0.15) is 0 Å². The van der Waals surface area contributed by atoms with Crippen LogP contribution < -0.4 is 10.6 Å². The lowest BCUT2D eigenvalue weighted by atomic mass is 10.0. The molecule has 5 nitrogen and oxygen atoms in total. The summed E-state index contributed by atoms with van der Waals surface area (Å²) in [5.41, 5.74) is 2.02. The quantitative estimate of drug-likeness (QED) is 0.633. The summed E-state index contributed by atoms with van der Waals surface area (Å²) in [4.78, 5) is 11.7. The van der Waals surface area contributed by atoms with Gasteiger partial charge in [0.15, 0.2) is 0 Å². The zero-order valence-electron chi connectivity index (χ0n) is 9.54. The number of hydrogen-bond acceptors (Lipinski definition) is 4. The monoisotopic (exact) mass is 226 g/mol. The van der Waals surface area contributed by atoms with Crippen molar-refractivity contribution in [1.29, 1.82) is 0 Å². The van der Waals surface area contributed by atoms with E-state index in [0.717, 1.165) is 18.7 Å². The summed E-state index contributed by atoms with van der Waals surface area (Å²) >= 11 is 0. The highest BCUT2D eigenvalue weighted by Crippen LogP contribution is 2.08. The van der Waals surface area contributed by atoms with Gasteiger partial charge in [0.1, 0.15) is 0 Å². The molecule has 1 unspecified atom stereocenters. The number of nitrogens with one attached hydrogen (secondary N) is 2. The van der Waals surface area contributed by atoms with E-state index in [4.69, 9.17) is 9.47 Å². The van der Waals surface area contributed by atoms with E-state index in [1.165, 1.54) is 5.57 Å². The van der Waals surface area contributed by atoms with E-state index in [1.807, 2.05) is 6.92 Å². The minimum absolute atomic E-state index is 0.00462. The summed E-state index contributed by atoms with van der Waals surface area (Å²) in [6.45, 7) is 5.90. The first-order chi connectivity index (χ1) is 7.77. The van der Waals surface area contributed by atoms with E-state index in [0.29, 0.717) is 26.4 Å². The van der Waals surface area contributed by atoms with Gasteiger partial charge >= 0.3 is 0 Å². The molecule has 5 heteroatoms. The van der Waals surface area contributed by atoms with E-state index in [9.17, 15) is 4.79 Å². The summed E-state index contributed by atoms with van der Waals surface area (Å²) in [5.74, 6) is 0.00525. The Hall–Kier alpha value is -0.910. The van der Waals surface area contributed by atoms with Crippen LogP contribution in [-0.2, 0) is 14.3 Å².